The number of hydrogen-bond acceptors (Lipinski definition) is 4. The maximum atomic E-state index is 13.8. The molecule has 4 aliphatic carbocycles. The number of rotatable bonds is 7. The van der Waals surface area contributed by atoms with Crippen molar-refractivity contribution in [1.82, 2.24) is 5.32 Å². The molecular formula is C32H31NO4S. The molecule has 0 saturated heterocycles. The second-order valence-electron chi connectivity index (χ2n) is 11.7. The van der Waals surface area contributed by atoms with Crippen LogP contribution in [-0.4, -0.2) is 23.0 Å². The van der Waals surface area contributed by atoms with E-state index in [4.69, 9.17) is 4.74 Å². The predicted molar refractivity (Wildman–Crippen MR) is 150 cm³/mol. The number of thiophene rings is 1. The molecule has 1 heterocycles. The Morgan fingerprint density at radius 1 is 0.921 bits per heavy atom. The van der Waals surface area contributed by atoms with E-state index in [1.54, 1.807) is 17.4 Å². The van der Waals surface area contributed by atoms with Crippen molar-refractivity contribution in [2.75, 3.05) is 0 Å². The number of hydrogen-bond donors (Lipinski definition) is 2. The summed E-state index contributed by atoms with van der Waals surface area (Å²) >= 11 is 1.68. The molecule has 6 heteroatoms. The van der Waals surface area contributed by atoms with Gasteiger partial charge in [0.15, 0.2) is 0 Å². The molecule has 194 valence electrons. The maximum absolute atomic E-state index is 13.8. The third-order valence-corrected chi connectivity index (χ3v) is 10.3. The molecule has 0 spiro atoms. The van der Waals surface area contributed by atoms with Crippen LogP contribution in [0.25, 0.3) is 20.9 Å². The molecule has 4 saturated carbocycles. The molecule has 8 rings (SSSR count). The molecule has 4 aromatic rings. The summed E-state index contributed by atoms with van der Waals surface area (Å²) in [4.78, 5) is 27.5. The summed E-state index contributed by atoms with van der Waals surface area (Å²) < 4.78 is 7.58. The number of nitrogens with one attached hydrogen (secondary N) is 1. The lowest BCUT2D eigenvalue weighted by Gasteiger charge is -2.58. The third kappa shape index (κ3) is 4.06. The Balaban J connectivity index is 1.20. The summed E-state index contributed by atoms with van der Waals surface area (Å²) in [6.07, 6.45) is 6.38. The Kier molecular flexibility index (Phi) is 5.69. The molecule has 1 aromatic heterocycles. The number of carbonyl (C=O) groups is 2. The minimum atomic E-state index is -0.922. The Labute approximate surface area is 225 Å². The van der Waals surface area contributed by atoms with Gasteiger partial charge in [-0.05, 0) is 85.3 Å². The van der Waals surface area contributed by atoms with Crippen LogP contribution in [0.2, 0.25) is 0 Å². The van der Waals surface area contributed by atoms with Gasteiger partial charge in [0.2, 0.25) is 0 Å². The zero-order valence-corrected chi connectivity index (χ0v) is 22.0. The summed E-state index contributed by atoms with van der Waals surface area (Å²) in [6.45, 7) is 0.338. The number of fused-ring (bicyclic) bond motifs is 2. The van der Waals surface area contributed by atoms with E-state index in [1.807, 2.05) is 42.5 Å². The van der Waals surface area contributed by atoms with E-state index in [1.165, 1.54) is 29.3 Å². The van der Waals surface area contributed by atoms with Crippen molar-refractivity contribution < 1.29 is 19.4 Å². The van der Waals surface area contributed by atoms with Gasteiger partial charge in [-0.1, -0.05) is 48.5 Å². The number of benzene rings is 3. The summed E-state index contributed by atoms with van der Waals surface area (Å²) in [5, 5.41) is 16.3. The second kappa shape index (κ2) is 9.12. The van der Waals surface area contributed by atoms with Gasteiger partial charge < -0.3 is 15.2 Å². The molecule has 4 aliphatic rings. The van der Waals surface area contributed by atoms with Crippen LogP contribution in [0.15, 0.2) is 66.7 Å². The highest BCUT2D eigenvalue weighted by Gasteiger charge is 2.56. The van der Waals surface area contributed by atoms with Crippen molar-refractivity contribution in [3.05, 3.63) is 77.2 Å². The lowest BCUT2D eigenvalue weighted by atomic mass is 9.47. The molecule has 1 atom stereocenters. The SMILES string of the molecule is O=C(NC(C(=O)O)C12CC3CC(CC(C3)C1)C2)c1ccc2ccccc2c1OCc1cc2ccccc2s1. The molecule has 0 aliphatic heterocycles. The zero-order chi connectivity index (χ0) is 25.9. The third-order valence-electron chi connectivity index (χ3n) is 9.18. The molecule has 4 bridgehead atoms. The Morgan fingerprint density at radius 3 is 2.26 bits per heavy atom. The van der Waals surface area contributed by atoms with Crippen LogP contribution in [0, 0.1) is 23.2 Å². The summed E-state index contributed by atoms with van der Waals surface area (Å²) in [5.74, 6) is 1.01. The molecule has 1 amide bonds. The first-order valence-electron chi connectivity index (χ1n) is 13.6. The van der Waals surface area contributed by atoms with E-state index in [0.29, 0.717) is 35.7 Å². The van der Waals surface area contributed by atoms with Crippen molar-refractivity contribution in [3.63, 3.8) is 0 Å². The second-order valence-corrected chi connectivity index (χ2v) is 12.9. The average Bonchev–Trinajstić information content (AvgIpc) is 3.32. The largest absolute Gasteiger partial charge is 0.487 e. The average molecular weight is 526 g/mol. The first-order chi connectivity index (χ1) is 18.5. The van der Waals surface area contributed by atoms with E-state index in [9.17, 15) is 14.7 Å². The van der Waals surface area contributed by atoms with Crippen molar-refractivity contribution in [3.8, 4) is 5.75 Å². The van der Waals surface area contributed by atoms with Crippen LogP contribution in [-0.2, 0) is 11.4 Å². The van der Waals surface area contributed by atoms with E-state index < -0.39 is 12.0 Å². The lowest BCUT2D eigenvalue weighted by Crippen LogP contribution is -2.59. The fraction of sp³-hybridized carbons (Fsp3) is 0.375. The van der Waals surface area contributed by atoms with Crippen LogP contribution in [0.1, 0.15) is 53.8 Å². The summed E-state index contributed by atoms with van der Waals surface area (Å²) in [7, 11) is 0. The van der Waals surface area contributed by atoms with Crippen LogP contribution in [0.3, 0.4) is 0 Å². The smallest absolute Gasteiger partial charge is 0.326 e. The van der Waals surface area contributed by atoms with Crippen LogP contribution < -0.4 is 10.1 Å². The monoisotopic (exact) mass is 525 g/mol. The van der Waals surface area contributed by atoms with Gasteiger partial charge in [0.1, 0.15) is 18.4 Å². The Bertz CT molecular complexity index is 1490. The van der Waals surface area contributed by atoms with Crippen molar-refractivity contribution >= 4 is 44.1 Å². The molecule has 38 heavy (non-hydrogen) atoms. The number of carboxylic acids is 1. The Hall–Kier alpha value is -3.38. The highest BCUT2D eigenvalue weighted by molar-refractivity contribution is 7.19. The molecule has 1 unspecified atom stereocenters. The Morgan fingerprint density at radius 2 is 1.58 bits per heavy atom. The lowest BCUT2D eigenvalue weighted by molar-refractivity contribution is -0.150. The molecule has 3 aromatic carbocycles. The van der Waals surface area contributed by atoms with Crippen LogP contribution >= 0.6 is 11.3 Å². The topological polar surface area (TPSA) is 75.6 Å². The van der Waals surface area contributed by atoms with Gasteiger partial charge in [-0.2, -0.15) is 0 Å². The maximum Gasteiger partial charge on any atom is 0.326 e. The van der Waals surface area contributed by atoms with Gasteiger partial charge in [-0.15, -0.1) is 11.3 Å². The normalized spacial score (nSPS) is 26.5. The predicted octanol–water partition coefficient (Wildman–Crippen LogP) is 7.03. The van der Waals surface area contributed by atoms with E-state index >= 15 is 0 Å². The number of aliphatic carboxylic acids is 1. The van der Waals surface area contributed by atoms with Crippen LogP contribution in [0.4, 0.5) is 0 Å². The molecule has 2 N–H and O–H groups in total. The minimum absolute atomic E-state index is 0.338. The van der Waals surface area contributed by atoms with Gasteiger partial charge in [0, 0.05) is 20.4 Å². The highest BCUT2D eigenvalue weighted by atomic mass is 32.1. The first kappa shape index (κ1) is 23.7. The van der Waals surface area contributed by atoms with Gasteiger partial charge in [-0.25, -0.2) is 4.79 Å². The minimum Gasteiger partial charge on any atom is -0.487 e. The van der Waals surface area contributed by atoms with Crippen molar-refractivity contribution in [2.45, 2.75) is 51.2 Å². The van der Waals surface area contributed by atoms with Gasteiger partial charge in [0.05, 0.1) is 5.56 Å². The zero-order valence-electron chi connectivity index (χ0n) is 21.2. The van der Waals surface area contributed by atoms with Crippen LogP contribution in [0.5, 0.6) is 5.75 Å². The van der Waals surface area contributed by atoms with E-state index in [-0.39, 0.29) is 11.3 Å². The fourth-order valence-electron chi connectivity index (χ4n) is 8.05. The van der Waals surface area contributed by atoms with Crippen molar-refractivity contribution in [2.24, 2.45) is 23.2 Å². The highest BCUT2D eigenvalue weighted by Crippen LogP contribution is 2.61. The van der Waals surface area contributed by atoms with Crippen molar-refractivity contribution in [1.29, 1.82) is 0 Å². The summed E-state index contributed by atoms with van der Waals surface area (Å²) in [6, 6.07) is 21.0. The van der Waals surface area contributed by atoms with Gasteiger partial charge in [-0.3, -0.25) is 4.79 Å². The van der Waals surface area contributed by atoms with E-state index in [2.05, 4.69) is 23.5 Å². The number of ether oxygens (including phenoxy) is 1. The molecular weight excluding hydrogens is 494 g/mol. The molecule has 4 fully saturated rings. The molecule has 5 nitrogen and oxygen atoms in total. The quantitative estimate of drug-likeness (QED) is 0.272. The fourth-order valence-corrected chi connectivity index (χ4v) is 9.02. The van der Waals surface area contributed by atoms with Gasteiger partial charge in [0.25, 0.3) is 5.91 Å². The van der Waals surface area contributed by atoms with E-state index in [0.717, 1.165) is 34.9 Å². The summed E-state index contributed by atoms with van der Waals surface area (Å²) in [5.41, 5.74) is 0.0475. The standard InChI is InChI=1S/C32H31NO4S/c34-30(33-29(31(35)36)32-15-19-11-20(16-32)13-21(12-19)17-32)26-10-9-22-5-1-3-7-25(22)28(26)37-18-24-14-23-6-2-4-8-27(23)38-24/h1-10,14,19-21,29H,11-13,15-18H2,(H,33,34)(H,35,36). The first-order valence-corrected chi connectivity index (χ1v) is 14.4. The number of carbonyl (C=O) groups excluding carboxylic acids is 1. The number of carboxylic acid groups (broad SMARTS) is 1. The number of amides is 1. The molecule has 0 radical (unpaired) electrons. The van der Waals surface area contributed by atoms with Gasteiger partial charge >= 0.3 is 5.97 Å².